The van der Waals surface area contributed by atoms with Gasteiger partial charge in [-0.3, -0.25) is 0 Å². The number of hydrogen-bond acceptors (Lipinski definition) is 4. The maximum atomic E-state index is 14.0. The Kier molecular flexibility index (Phi) is 4.01. The standard InChI is InChI=1S/C13H12Cl2FN3O/c14-12-9(16)11-8(6-17-12)10(18-13(15)19-11)7-2-1-4-20-5-3-7/h6-7H,1-5H2. The van der Waals surface area contributed by atoms with E-state index in [2.05, 4.69) is 15.0 Å². The minimum absolute atomic E-state index is 0.0267. The number of halogens is 3. The summed E-state index contributed by atoms with van der Waals surface area (Å²) in [6, 6.07) is 0. The zero-order chi connectivity index (χ0) is 14.1. The highest BCUT2D eigenvalue weighted by atomic mass is 35.5. The van der Waals surface area contributed by atoms with E-state index in [1.165, 1.54) is 6.20 Å². The van der Waals surface area contributed by atoms with Gasteiger partial charge in [0.25, 0.3) is 0 Å². The molecule has 0 N–H and O–H groups in total. The number of rotatable bonds is 1. The van der Waals surface area contributed by atoms with Gasteiger partial charge < -0.3 is 4.74 Å². The molecule has 0 amide bonds. The molecular formula is C13H12Cl2FN3O. The van der Waals surface area contributed by atoms with Crippen LogP contribution >= 0.6 is 23.2 Å². The molecule has 4 nitrogen and oxygen atoms in total. The van der Waals surface area contributed by atoms with Gasteiger partial charge in [-0.15, -0.1) is 0 Å². The van der Waals surface area contributed by atoms with E-state index in [-0.39, 0.29) is 21.9 Å². The summed E-state index contributed by atoms with van der Waals surface area (Å²) in [4.78, 5) is 12.1. The average molecular weight is 316 g/mol. The van der Waals surface area contributed by atoms with Crippen molar-refractivity contribution in [2.24, 2.45) is 0 Å². The first-order valence-corrected chi connectivity index (χ1v) is 7.17. The van der Waals surface area contributed by atoms with Gasteiger partial charge >= 0.3 is 0 Å². The van der Waals surface area contributed by atoms with Crippen molar-refractivity contribution in [1.29, 1.82) is 0 Å². The first-order valence-electron chi connectivity index (χ1n) is 6.41. The van der Waals surface area contributed by atoms with Crippen molar-refractivity contribution in [3.05, 3.63) is 28.1 Å². The second-order valence-corrected chi connectivity index (χ2v) is 5.44. The molecule has 0 saturated carbocycles. The molecule has 0 spiro atoms. The zero-order valence-corrected chi connectivity index (χ0v) is 12.1. The Labute approximate surface area is 125 Å². The molecule has 1 saturated heterocycles. The van der Waals surface area contributed by atoms with Gasteiger partial charge in [0.2, 0.25) is 5.28 Å². The number of hydrogen-bond donors (Lipinski definition) is 0. The molecule has 0 aromatic carbocycles. The van der Waals surface area contributed by atoms with Gasteiger partial charge in [-0.05, 0) is 30.9 Å². The Balaban J connectivity index is 2.16. The molecule has 3 heterocycles. The monoisotopic (exact) mass is 315 g/mol. The van der Waals surface area contributed by atoms with Crippen LogP contribution in [0.15, 0.2) is 6.20 Å². The predicted molar refractivity (Wildman–Crippen MR) is 74.7 cm³/mol. The zero-order valence-electron chi connectivity index (χ0n) is 10.6. The summed E-state index contributed by atoms with van der Waals surface area (Å²) >= 11 is 11.6. The van der Waals surface area contributed by atoms with E-state index in [1.54, 1.807) is 0 Å². The fourth-order valence-corrected chi connectivity index (χ4v) is 2.83. The summed E-state index contributed by atoms with van der Waals surface area (Å²) in [7, 11) is 0. The second-order valence-electron chi connectivity index (χ2n) is 4.74. The minimum atomic E-state index is -0.653. The molecule has 1 fully saturated rings. The van der Waals surface area contributed by atoms with Crippen LogP contribution in [-0.4, -0.2) is 28.2 Å². The van der Waals surface area contributed by atoms with Crippen LogP contribution in [0.4, 0.5) is 4.39 Å². The quantitative estimate of drug-likeness (QED) is 0.594. The lowest BCUT2D eigenvalue weighted by atomic mass is 9.94. The largest absolute Gasteiger partial charge is 0.381 e. The highest BCUT2D eigenvalue weighted by Gasteiger charge is 2.22. The lowest BCUT2D eigenvalue weighted by Gasteiger charge is -2.15. The molecule has 1 aliphatic heterocycles. The van der Waals surface area contributed by atoms with Crippen molar-refractivity contribution in [2.75, 3.05) is 13.2 Å². The minimum Gasteiger partial charge on any atom is -0.381 e. The molecule has 2 aromatic heterocycles. The molecule has 1 unspecified atom stereocenters. The lowest BCUT2D eigenvalue weighted by Crippen LogP contribution is -2.06. The molecule has 20 heavy (non-hydrogen) atoms. The molecular weight excluding hydrogens is 304 g/mol. The molecule has 0 aliphatic carbocycles. The van der Waals surface area contributed by atoms with Crippen molar-refractivity contribution in [2.45, 2.75) is 25.2 Å². The third-order valence-electron chi connectivity index (χ3n) is 3.48. The summed E-state index contributed by atoms with van der Waals surface area (Å²) in [5.74, 6) is -0.484. The SMILES string of the molecule is Fc1c(Cl)ncc2c(C3CCCOCC3)nc(Cl)nc12. The Morgan fingerprint density at radius 3 is 2.90 bits per heavy atom. The summed E-state index contributed by atoms with van der Waals surface area (Å²) < 4.78 is 19.5. The van der Waals surface area contributed by atoms with Gasteiger partial charge in [0.05, 0.1) is 5.69 Å². The van der Waals surface area contributed by atoms with Crippen LogP contribution in [0.5, 0.6) is 0 Å². The van der Waals surface area contributed by atoms with E-state index in [9.17, 15) is 4.39 Å². The van der Waals surface area contributed by atoms with Gasteiger partial charge in [-0.1, -0.05) is 11.6 Å². The number of nitrogens with zero attached hydrogens (tertiary/aromatic N) is 3. The van der Waals surface area contributed by atoms with Crippen molar-refractivity contribution in [3.8, 4) is 0 Å². The van der Waals surface area contributed by atoms with Crippen LogP contribution in [0, 0.1) is 5.82 Å². The maximum absolute atomic E-state index is 14.0. The molecule has 7 heteroatoms. The van der Waals surface area contributed by atoms with Crippen LogP contribution in [-0.2, 0) is 4.74 Å². The van der Waals surface area contributed by atoms with Gasteiger partial charge in [0.1, 0.15) is 5.52 Å². The molecule has 1 aliphatic rings. The van der Waals surface area contributed by atoms with E-state index in [1.807, 2.05) is 0 Å². The number of ether oxygens (including phenoxy) is 1. The van der Waals surface area contributed by atoms with Gasteiger partial charge in [0.15, 0.2) is 11.0 Å². The van der Waals surface area contributed by atoms with Gasteiger partial charge in [-0.25, -0.2) is 19.3 Å². The Hall–Kier alpha value is -1.04. The number of aromatic nitrogens is 3. The van der Waals surface area contributed by atoms with E-state index in [4.69, 9.17) is 27.9 Å². The van der Waals surface area contributed by atoms with Crippen LogP contribution in [0.25, 0.3) is 10.9 Å². The van der Waals surface area contributed by atoms with E-state index in [0.717, 1.165) is 31.6 Å². The molecule has 106 valence electrons. The number of pyridine rings is 1. The summed E-state index contributed by atoms with van der Waals surface area (Å²) in [6.07, 6.45) is 4.20. The molecule has 3 rings (SSSR count). The Morgan fingerprint density at radius 2 is 2.05 bits per heavy atom. The summed E-state index contributed by atoms with van der Waals surface area (Å²) in [5.41, 5.74) is 0.860. The maximum Gasteiger partial charge on any atom is 0.223 e. The second kappa shape index (κ2) is 5.76. The highest BCUT2D eigenvalue weighted by molar-refractivity contribution is 6.30. The molecule has 1 atom stereocenters. The third kappa shape index (κ3) is 2.57. The van der Waals surface area contributed by atoms with Gasteiger partial charge in [0, 0.05) is 30.7 Å². The van der Waals surface area contributed by atoms with Crippen LogP contribution in [0.3, 0.4) is 0 Å². The van der Waals surface area contributed by atoms with Gasteiger partial charge in [-0.2, -0.15) is 0 Å². The first kappa shape index (κ1) is 13.9. The van der Waals surface area contributed by atoms with Crippen LogP contribution in [0.2, 0.25) is 10.4 Å². The fraction of sp³-hybridized carbons (Fsp3) is 0.462. The molecule has 2 aromatic rings. The summed E-state index contributed by atoms with van der Waals surface area (Å²) in [5, 5.41) is 0.393. The third-order valence-corrected chi connectivity index (χ3v) is 3.92. The topological polar surface area (TPSA) is 47.9 Å². The average Bonchev–Trinajstić information content (AvgIpc) is 2.71. The van der Waals surface area contributed by atoms with Crippen molar-refractivity contribution < 1.29 is 9.13 Å². The van der Waals surface area contributed by atoms with E-state index >= 15 is 0 Å². The Morgan fingerprint density at radius 1 is 1.20 bits per heavy atom. The smallest absolute Gasteiger partial charge is 0.223 e. The van der Waals surface area contributed by atoms with Crippen molar-refractivity contribution >= 4 is 34.1 Å². The first-order chi connectivity index (χ1) is 9.66. The Bertz CT molecular complexity index is 645. The van der Waals surface area contributed by atoms with E-state index in [0.29, 0.717) is 12.0 Å². The predicted octanol–water partition coefficient (Wildman–Crippen LogP) is 3.75. The highest BCUT2D eigenvalue weighted by Crippen LogP contribution is 2.33. The molecule has 0 radical (unpaired) electrons. The van der Waals surface area contributed by atoms with E-state index < -0.39 is 5.82 Å². The molecule has 0 bridgehead atoms. The fourth-order valence-electron chi connectivity index (χ4n) is 2.52. The van der Waals surface area contributed by atoms with Crippen molar-refractivity contribution in [1.82, 2.24) is 15.0 Å². The van der Waals surface area contributed by atoms with Crippen LogP contribution < -0.4 is 0 Å². The van der Waals surface area contributed by atoms with Crippen LogP contribution in [0.1, 0.15) is 30.9 Å². The lowest BCUT2D eigenvalue weighted by molar-refractivity contribution is 0.143. The number of fused-ring (bicyclic) bond motifs is 1. The normalized spacial score (nSPS) is 20.1. The van der Waals surface area contributed by atoms with Crippen molar-refractivity contribution in [3.63, 3.8) is 0 Å². The summed E-state index contributed by atoms with van der Waals surface area (Å²) in [6.45, 7) is 1.41.